The van der Waals surface area contributed by atoms with E-state index >= 15 is 0 Å². The second-order valence-corrected chi connectivity index (χ2v) is 5.78. The van der Waals surface area contributed by atoms with Crippen LogP contribution < -0.4 is 10.1 Å². The molecule has 3 aromatic rings. The van der Waals surface area contributed by atoms with Crippen molar-refractivity contribution in [2.24, 2.45) is 0 Å². The number of nitrogens with one attached hydrogen (secondary N) is 2. The number of fused-ring (bicyclic) bond motifs is 1. The largest absolute Gasteiger partial charge is 0.417 e. The Balaban J connectivity index is 1.62. The van der Waals surface area contributed by atoms with E-state index < -0.39 is 6.61 Å². The number of unbranched alkanes of at least 4 members (excludes halogenated alkanes) is 4. The molecule has 0 aliphatic carbocycles. The smallest absolute Gasteiger partial charge is 0.388 e. The van der Waals surface area contributed by atoms with Crippen molar-refractivity contribution in [1.82, 2.24) is 29.9 Å². The predicted octanol–water partition coefficient (Wildman–Crippen LogP) is 3.37. The van der Waals surface area contributed by atoms with Crippen LogP contribution in [0.4, 0.5) is 20.4 Å². The first kappa shape index (κ1) is 18.5. The summed E-state index contributed by atoms with van der Waals surface area (Å²) >= 11 is 0. The van der Waals surface area contributed by atoms with E-state index in [9.17, 15) is 8.78 Å². The third-order valence-corrected chi connectivity index (χ3v) is 3.78. The molecule has 3 heterocycles. The molecule has 11 heteroatoms. The minimum atomic E-state index is -2.93. The third kappa shape index (κ3) is 5.10. The fraction of sp³-hybridized carbons (Fsp3) is 0.438. The predicted molar refractivity (Wildman–Crippen MR) is 92.5 cm³/mol. The quantitative estimate of drug-likeness (QED) is 0.521. The van der Waals surface area contributed by atoms with Gasteiger partial charge in [-0.3, -0.25) is 0 Å². The molecule has 0 spiro atoms. The van der Waals surface area contributed by atoms with Crippen molar-refractivity contribution in [3.05, 3.63) is 18.5 Å². The monoisotopic (exact) mass is 376 g/mol. The Hall–Kier alpha value is -3.29. The maximum Gasteiger partial charge on any atom is 0.388 e. The van der Waals surface area contributed by atoms with Gasteiger partial charge in [0.25, 0.3) is 0 Å². The molecule has 0 unspecified atom stereocenters. The van der Waals surface area contributed by atoms with E-state index in [2.05, 4.69) is 41.4 Å². The molecule has 0 atom stereocenters. The van der Waals surface area contributed by atoms with Crippen molar-refractivity contribution in [2.45, 2.75) is 45.3 Å². The highest BCUT2D eigenvalue weighted by Crippen LogP contribution is 2.20. The Kier molecular flexibility index (Phi) is 6.09. The number of anilines is 2. The molecule has 0 radical (unpaired) electrons. The lowest BCUT2D eigenvalue weighted by Crippen LogP contribution is -2.03. The van der Waals surface area contributed by atoms with Gasteiger partial charge in [0.2, 0.25) is 5.88 Å². The van der Waals surface area contributed by atoms with Gasteiger partial charge in [-0.2, -0.15) is 24.2 Å². The molecule has 0 aliphatic heterocycles. The number of aryl methyl sites for hydroxylation is 1. The van der Waals surface area contributed by atoms with Crippen LogP contribution in [0.25, 0.3) is 11.2 Å². The van der Waals surface area contributed by atoms with Crippen LogP contribution in [0.2, 0.25) is 0 Å². The van der Waals surface area contributed by atoms with E-state index in [-0.39, 0.29) is 11.7 Å². The molecule has 0 fully saturated rings. The summed E-state index contributed by atoms with van der Waals surface area (Å²) in [6.07, 6.45) is 7.59. The Morgan fingerprint density at radius 1 is 1.22 bits per heavy atom. The van der Waals surface area contributed by atoms with E-state index in [1.165, 1.54) is 12.3 Å². The molecule has 0 saturated heterocycles. The van der Waals surface area contributed by atoms with Gasteiger partial charge in [0.15, 0.2) is 17.3 Å². The molecular formula is C16H18F2N8O. The Morgan fingerprint density at radius 3 is 2.89 bits per heavy atom. The van der Waals surface area contributed by atoms with Gasteiger partial charge >= 0.3 is 6.61 Å². The lowest BCUT2D eigenvalue weighted by molar-refractivity contribution is -0.0528. The van der Waals surface area contributed by atoms with Crippen molar-refractivity contribution in [1.29, 1.82) is 5.26 Å². The third-order valence-electron chi connectivity index (χ3n) is 3.78. The van der Waals surface area contributed by atoms with Crippen LogP contribution >= 0.6 is 0 Å². The number of aromatic nitrogens is 6. The molecule has 9 nitrogen and oxygen atoms in total. The van der Waals surface area contributed by atoms with E-state index in [1.807, 2.05) is 0 Å². The molecule has 0 aliphatic rings. The summed E-state index contributed by atoms with van der Waals surface area (Å²) in [6, 6.07) is 3.44. The Labute approximate surface area is 153 Å². The highest BCUT2D eigenvalue weighted by molar-refractivity contribution is 5.71. The lowest BCUT2D eigenvalue weighted by Gasteiger charge is -2.05. The van der Waals surface area contributed by atoms with Crippen molar-refractivity contribution in [2.75, 3.05) is 5.32 Å². The van der Waals surface area contributed by atoms with Gasteiger partial charge in [0, 0.05) is 19.0 Å². The maximum atomic E-state index is 12.2. The Bertz CT molecular complexity index is 917. The van der Waals surface area contributed by atoms with Crippen molar-refractivity contribution < 1.29 is 13.5 Å². The molecule has 0 aromatic carbocycles. The molecular weight excluding hydrogens is 358 g/mol. The summed E-state index contributed by atoms with van der Waals surface area (Å²) in [7, 11) is 0. The number of hydrogen-bond acceptors (Lipinski definition) is 7. The van der Waals surface area contributed by atoms with Gasteiger partial charge in [-0.15, -0.1) is 0 Å². The van der Waals surface area contributed by atoms with E-state index in [1.54, 1.807) is 10.9 Å². The van der Waals surface area contributed by atoms with Crippen molar-refractivity contribution in [3.8, 4) is 11.9 Å². The van der Waals surface area contributed by atoms with E-state index in [0.29, 0.717) is 29.9 Å². The topological polar surface area (TPSA) is 117 Å². The highest BCUT2D eigenvalue weighted by atomic mass is 19.3. The first-order chi connectivity index (χ1) is 13.2. The van der Waals surface area contributed by atoms with Crippen LogP contribution in [0.3, 0.4) is 0 Å². The van der Waals surface area contributed by atoms with Crippen LogP contribution in [0.5, 0.6) is 5.88 Å². The van der Waals surface area contributed by atoms with Gasteiger partial charge in [0.05, 0.1) is 18.5 Å². The minimum absolute atomic E-state index is 0.150. The van der Waals surface area contributed by atoms with Crippen LogP contribution in [-0.2, 0) is 6.54 Å². The Morgan fingerprint density at radius 2 is 2.07 bits per heavy atom. The van der Waals surface area contributed by atoms with Gasteiger partial charge in [-0.25, -0.2) is 19.7 Å². The normalized spacial score (nSPS) is 11.0. The van der Waals surface area contributed by atoms with Crippen molar-refractivity contribution >= 4 is 22.8 Å². The van der Waals surface area contributed by atoms with Gasteiger partial charge in [-0.05, 0) is 12.8 Å². The summed E-state index contributed by atoms with van der Waals surface area (Å²) in [5.74, 6) is 0.541. The number of rotatable bonds is 10. The number of nitriles is 1. The molecule has 3 aromatic heterocycles. The summed E-state index contributed by atoms with van der Waals surface area (Å²) in [5.41, 5.74) is 1.28. The molecule has 142 valence electrons. The zero-order valence-electron chi connectivity index (χ0n) is 14.4. The molecule has 27 heavy (non-hydrogen) atoms. The summed E-state index contributed by atoms with van der Waals surface area (Å²) < 4.78 is 30.4. The van der Waals surface area contributed by atoms with Crippen molar-refractivity contribution in [3.63, 3.8) is 0 Å². The zero-order chi connectivity index (χ0) is 19.1. The number of ether oxygens (including phenoxy) is 1. The standard InChI is InChI=1S/C16H18F2N8O/c17-16(18)27-14-8-12(24-25-14)22-13-10-20-11-9-21-26(15(11)23-13)7-5-3-1-2-4-6-19/h8-10,16H,1-5,7H2,(H2,22,23,24,25). The second kappa shape index (κ2) is 8.88. The molecule has 3 rings (SSSR count). The fourth-order valence-electron chi connectivity index (χ4n) is 2.55. The number of nitrogens with zero attached hydrogens (tertiary/aromatic N) is 6. The average Bonchev–Trinajstić information content (AvgIpc) is 3.24. The molecule has 0 bridgehead atoms. The zero-order valence-corrected chi connectivity index (χ0v) is 14.4. The number of alkyl halides is 2. The number of halogens is 2. The first-order valence-electron chi connectivity index (χ1n) is 8.48. The molecule has 0 amide bonds. The first-order valence-corrected chi connectivity index (χ1v) is 8.48. The summed E-state index contributed by atoms with van der Waals surface area (Å²) in [5, 5.41) is 21.9. The average molecular weight is 376 g/mol. The van der Waals surface area contributed by atoms with E-state index in [0.717, 1.165) is 25.7 Å². The maximum absolute atomic E-state index is 12.2. The highest BCUT2D eigenvalue weighted by Gasteiger charge is 2.10. The summed E-state index contributed by atoms with van der Waals surface area (Å²) in [4.78, 5) is 8.76. The number of hydrogen-bond donors (Lipinski definition) is 2. The lowest BCUT2D eigenvalue weighted by atomic mass is 10.1. The minimum Gasteiger partial charge on any atom is -0.417 e. The molecule has 0 saturated carbocycles. The fourth-order valence-corrected chi connectivity index (χ4v) is 2.55. The van der Waals surface area contributed by atoms with Gasteiger partial charge in [0.1, 0.15) is 5.52 Å². The summed E-state index contributed by atoms with van der Waals surface area (Å²) in [6.45, 7) is -2.23. The van der Waals surface area contributed by atoms with Crippen LogP contribution in [-0.4, -0.2) is 36.6 Å². The van der Waals surface area contributed by atoms with Gasteiger partial charge < -0.3 is 10.1 Å². The van der Waals surface area contributed by atoms with E-state index in [4.69, 9.17) is 5.26 Å². The SMILES string of the molecule is N#CCCCCCCn1ncc2ncc(Nc3cc(OC(F)F)[nH]n3)nc21. The number of H-pyrrole nitrogens is 1. The van der Waals surface area contributed by atoms with Gasteiger partial charge in [-0.1, -0.05) is 12.8 Å². The second-order valence-electron chi connectivity index (χ2n) is 5.78. The molecule has 2 N–H and O–H groups in total. The van der Waals surface area contributed by atoms with Crippen LogP contribution in [0, 0.1) is 11.3 Å². The van der Waals surface area contributed by atoms with Crippen LogP contribution in [0.15, 0.2) is 18.5 Å². The van der Waals surface area contributed by atoms with Crippen LogP contribution in [0.1, 0.15) is 32.1 Å². The number of aromatic amines is 1.